The Balaban J connectivity index is 1.54. The minimum Gasteiger partial charge on any atom is -0.352 e. The molecule has 0 saturated heterocycles. The first-order valence-electron chi connectivity index (χ1n) is 8.27. The predicted molar refractivity (Wildman–Crippen MR) is 103 cm³/mol. The highest BCUT2D eigenvalue weighted by molar-refractivity contribution is 7.99. The molecular weight excluding hydrogens is 358 g/mol. The molecule has 27 heavy (non-hydrogen) atoms. The van der Waals surface area contributed by atoms with E-state index in [9.17, 15) is 0 Å². The standard InChI is InChI=1S/C19H15N7S/c20-12-21-13-26(11-15-3-1-2-6-22-15)10-14-4-5-17-16(9-14)25-18-19(27-17)24-8-7-23-18/h1-9,13H,10-11H2,(H,23,25). The summed E-state index contributed by atoms with van der Waals surface area (Å²) in [5, 5.41) is 13.0. The van der Waals surface area contributed by atoms with Crippen LogP contribution in [0.2, 0.25) is 0 Å². The van der Waals surface area contributed by atoms with E-state index in [-0.39, 0.29) is 0 Å². The number of aliphatic imine (C=N–C) groups is 1. The van der Waals surface area contributed by atoms with Gasteiger partial charge >= 0.3 is 0 Å². The molecule has 0 radical (unpaired) electrons. The predicted octanol–water partition coefficient (Wildman–Crippen LogP) is 3.59. The van der Waals surface area contributed by atoms with E-state index in [1.54, 1.807) is 36.7 Å². The first kappa shape index (κ1) is 17.0. The van der Waals surface area contributed by atoms with Crippen molar-refractivity contribution in [2.75, 3.05) is 5.32 Å². The average molecular weight is 373 g/mol. The minimum absolute atomic E-state index is 0.569. The lowest BCUT2D eigenvalue weighted by atomic mass is 10.2. The number of nitrogens with zero attached hydrogens (tertiary/aromatic N) is 6. The lowest BCUT2D eigenvalue weighted by molar-refractivity contribution is 0.413. The van der Waals surface area contributed by atoms with E-state index in [1.165, 1.54) is 0 Å². The van der Waals surface area contributed by atoms with Crippen molar-refractivity contribution in [3.63, 3.8) is 0 Å². The Morgan fingerprint density at radius 2 is 2.04 bits per heavy atom. The molecule has 0 unspecified atom stereocenters. The molecule has 0 aliphatic carbocycles. The second kappa shape index (κ2) is 7.85. The van der Waals surface area contributed by atoms with Crippen LogP contribution in [-0.2, 0) is 13.1 Å². The van der Waals surface area contributed by atoms with E-state index in [4.69, 9.17) is 5.26 Å². The molecule has 0 bridgehead atoms. The van der Waals surface area contributed by atoms with Gasteiger partial charge in [-0.05, 0) is 29.8 Å². The van der Waals surface area contributed by atoms with E-state index < -0.39 is 0 Å². The monoisotopic (exact) mass is 373 g/mol. The number of rotatable bonds is 5. The molecular formula is C19H15N7S. The first-order chi connectivity index (χ1) is 13.3. The maximum absolute atomic E-state index is 8.78. The fraction of sp³-hybridized carbons (Fsp3) is 0.105. The number of fused-ring (bicyclic) bond motifs is 2. The summed E-state index contributed by atoms with van der Waals surface area (Å²) in [6.45, 7) is 1.17. The van der Waals surface area contributed by atoms with Gasteiger partial charge in [-0.2, -0.15) is 10.3 Å². The average Bonchev–Trinajstić information content (AvgIpc) is 2.71. The molecule has 132 valence electrons. The zero-order valence-electron chi connectivity index (χ0n) is 14.3. The summed E-state index contributed by atoms with van der Waals surface area (Å²) in [4.78, 5) is 19.8. The first-order valence-corrected chi connectivity index (χ1v) is 9.08. The highest BCUT2D eigenvalue weighted by atomic mass is 32.2. The summed E-state index contributed by atoms with van der Waals surface area (Å²) in [5.74, 6) is 0.767. The molecule has 1 aliphatic rings. The van der Waals surface area contributed by atoms with Gasteiger partial charge in [0, 0.05) is 30.0 Å². The van der Waals surface area contributed by atoms with Crippen molar-refractivity contribution in [3.8, 4) is 6.19 Å². The summed E-state index contributed by atoms with van der Waals surface area (Å²) < 4.78 is 0. The zero-order valence-corrected chi connectivity index (χ0v) is 15.1. The summed E-state index contributed by atoms with van der Waals surface area (Å²) in [6.07, 6.45) is 8.48. The summed E-state index contributed by atoms with van der Waals surface area (Å²) >= 11 is 1.60. The van der Waals surface area contributed by atoms with Crippen LogP contribution in [0.3, 0.4) is 0 Å². The van der Waals surface area contributed by atoms with Crippen molar-refractivity contribution in [1.82, 2.24) is 19.9 Å². The van der Waals surface area contributed by atoms with Crippen LogP contribution in [0.1, 0.15) is 11.3 Å². The van der Waals surface area contributed by atoms with Gasteiger partial charge in [0.25, 0.3) is 0 Å². The number of nitrogens with one attached hydrogen (secondary N) is 1. The quantitative estimate of drug-likeness (QED) is 0.325. The van der Waals surface area contributed by atoms with Crippen molar-refractivity contribution >= 4 is 29.6 Å². The van der Waals surface area contributed by atoms with Gasteiger partial charge < -0.3 is 10.2 Å². The van der Waals surface area contributed by atoms with E-state index in [0.29, 0.717) is 13.1 Å². The lowest BCUT2D eigenvalue weighted by Crippen LogP contribution is -2.21. The van der Waals surface area contributed by atoms with Crippen molar-refractivity contribution in [1.29, 1.82) is 5.26 Å². The molecule has 0 fully saturated rings. The molecule has 3 heterocycles. The molecule has 4 rings (SSSR count). The fourth-order valence-corrected chi connectivity index (χ4v) is 3.64. The third-order valence-corrected chi connectivity index (χ3v) is 4.99. The van der Waals surface area contributed by atoms with Crippen LogP contribution in [0.4, 0.5) is 11.5 Å². The molecule has 0 amide bonds. The smallest absolute Gasteiger partial charge is 0.207 e. The molecule has 0 saturated carbocycles. The van der Waals surface area contributed by atoms with Crippen LogP contribution in [0.25, 0.3) is 0 Å². The highest BCUT2D eigenvalue weighted by Gasteiger charge is 2.18. The molecule has 7 nitrogen and oxygen atoms in total. The van der Waals surface area contributed by atoms with Crippen LogP contribution in [-0.4, -0.2) is 26.2 Å². The number of pyridine rings is 1. The van der Waals surface area contributed by atoms with E-state index >= 15 is 0 Å². The number of aromatic nitrogens is 3. The largest absolute Gasteiger partial charge is 0.352 e. The van der Waals surface area contributed by atoms with Gasteiger partial charge in [0.1, 0.15) is 11.4 Å². The summed E-state index contributed by atoms with van der Waals surface area (Å²) in [7, 11) is 0. The Bertz CT molecular complexity index is 1010. The van der Waals surface area contributed by atoms with E-state index in [2.05, 4.69) is 43.5 Å². The van der Waals surface area contributed by atoms with Gasteiger partial charge in [0.05, 0.1) is 17.9 Å². The maximum Gasteiger partial charge on any atom is 0.207 e. The zero-order chi connectivity index (χ0) is 18.5. The molecule has 2 aromatic heterocycles. The molecule has 3 aromatic rings. The van der Waals surface area contributed by atoms with Crippen LogP contribution in [0.15, 0.2) is 69.9 Å². The lowest BCUT2D eigenvalue weighted by Gasteiger charge is -2.22. The van der Waals surface area contributed by atoms with Gasteiger partial charge in [0.15, 0.2) is 5.82 Å². The van der Waals surface area contributed by atoms with E-state index in [1.807, 2.05) is 29.3 Å². The van der Waals surface area contributed by atoms with Crippen LogP contribution >= 0.6 is 11.8 Å². The molecule has 0 atom stereocenters. The third kappa shape index (κ3) is 4.04. The molecule has 8 heteroatoms. The molecule has 1 N–H and O–H groups in total. The van der Waals surface area contributed by atoms with Crippen molar-refractivity contribution in [3.05, 3.63) is 66.2 Å². The van der Waals surface area contributed by atoms with E-state index in [0.717, 1.165) is 32.7 Å². The molecule has 1 aromatic carbocycles. The number of hydrogen-bond acceptors (Lipinski definition) is 7. The maximum atomic E-state index is 8.78. The van der Waals surface area contributed by atoms with Gasteiger partial charge in [-0.15, -0.1) is 0 Å². The Kier molecular flexibility index (Phi) is 4.94. The van der Waals surface area contributed by atoms with Crippen molar-refractivity contribution in [2.45, 2.75) is 23.0 Å². The normalized spacial score (nSPS) is 12.0. The molecule has 1 aliphatic heterocycles. The van der Waals surface area contributed by atoms with Crippen LogP contribution < -0.4 is 5.32 Å². The van der Waals surface area contributed by atoms with Crippen molar-refractivity contribution < 1.29 is 0 Å². The highest BCUT2D eigenvalue weighted by Crippen LogP contribution is 2.42. The third-order valence-electron chi connectivity index (χ3n) is 3.92. The van der Waals surface area contributed by atoms with Gasteiger partial charge in [-0.25, -0.2) is 9.97 Å². The number of hydrogen-bond donors (Lipinski definition) is 1. The SMILES string of the molecule is N#CN=CN(Cc1ccc2c(c1)Nc1nccnc1S2)Cc1ccccn1. The van der Waals surface area contributed by atoms with Gasteiger partial charge in [0.2, 0.25) is 6.19 Å². The van der Waals surface area contributed by atoms with Crippen LogP contribution in [0, 0.1) is 11.5 Å². The number of anilines is 2. The van der Waals surface area contributed by atoms with Crippen LogP contribution in [0.5, 0.6) is 0 Å². The summed E-state index contributed by atoms with van der Waals surface area (Å²) in [6, 6.07) is 12.0. The number of benzene rings is 1. The second-order valence-corrected chi connectivity index (χ2v) is 6.87. The van der Waals surface area contributed by atoms with Gasteiger partial charge in [-0.1, -0.05) is 23.9 Å². The Labute approximate surface area is 160 Å². The fourth-order valence-electron chi connectivity index (χ4n) is 2.76. The topological polar surface area (TPSA) is 90.1 Å². The Morgan fingerprint density at radius 3 is 2.89 bits per heavy atom. The van der Waals surface area contributed by atoms with Gasteiger partial charge in [-0.3, -0.25) is 4.98 Å². The minimum atomic E-state index is 0.569. The van der Waals surface area contributed by atoms with Crippen molar-refractivity contribution in [2.24, 2.45) is 4.99 Å². The molecule has 0 spiro atoms. The summed E-state index contributed by atoms with van der Waals surface area (Å²) in [5.41, 5.74) is 3.01. The Hall–Kier alpha value is -3.44. The Morgan fingerprint density at radius 1 is 1.11 bits per heavy atom. The second-order valence-electron chi connectivity index (χ2n) is 5.84. The number of nitriles is 1.